The number of halogens is 1. The van der Waals surface area contributed by atoms with Gasteiger partial charge in [0.2, 0.25) is 0 Å². The second-order valence-corrected chi connectivity index (χ2v) is 5.01. The Hall–Kier alpha value is -2.02. The molecule has 2 aromatic rings. The Morgan fingerprint density at radius 3 is 2.95 bits per heavy atom. The van der Waals surface area contributed by atoms with Gasteiger partial charge in [-0.3, -0.25) is 0 Å². The van der Waals surface area contributed by atoms with E-state index in [1.54, 1.807) is 17.9 Å². The lowest BCUT2D eigenvalue weighted by atomic mass is 10.1. The Bertz CT molecular complexity index is 615. The number of methoxy groups -OCH3 is 1. The molecule has 0 bridgehead atoms. The highest BCUT2D eigenvalue weighted by Crippen LogP contribution is 2.33. The molecule has 1 saturated carbocycles. The second kappa shape index (κ2) is 5.16. The van der Waals surface area contributed by atoms with Crippen LogP contribution in [0.15, 0.2) is 18.2 Å². The predicted octanol–water partition coefficient (Wildman–Crippen LogP) is 1.80. The molecule has 20 heavy (non-hydrogen) atoms. The van der Waals surface area contributed by atoms with E-state index in [0.717, 1.165) is 19.3 Å². The molecule has 0 spiro atoms. The first-order chi connectivity index (χ1) is 9.69. The van der Waals surface area contributed by atoms with Gasteiger partial charge in [-0.2, -0.15) is 0 Å². The van der Waals surface area contributed by atoms with Gasteiger partial charge in [-0.05, 0) is 47.9 Å². The topological polar surface area (TPSA) is 78.8 Å². The molecule has 2 N–H and O–H groups in total. The van der Waals surface area contributed by atoms with Crippen LogP contribution in [0.1, 0.15) is 25.3 Å². The third kappa shape index (κ3) is 2.24. The fourth-order valence-electron chi connectivity index (χ4n) is 2.65. The number of benzene rings is 1. The van der Waals surface area contributed by atoms with Gasteiger partial charge < -0.3 is 10.5 Å². The number of rotatable bonds is 3. The maximum absolute atomic E-state index is 13.6. The van der Waals surface area contributed by atoms with Gasteiger partial charge in [-0.15, -0.1) is 5.10 Å². The van der Waals surface area contributed by atoms with Crippen molar-refractivity contribution in [1.29, 1.82) is 0 Å². The fraction of sp³-hybridized carbons (Fsp3) is 0.462. The van der Waals surface area contributed by atoms with Crippen LogP contribution in [0.4, 0.5) is 10.1 Å². The van der Waals surface area contributed by atoms with Gasteiger partial charge >= 0.3 is 0 Å². The quantitative estimate of drug-likeness (QED) is 0.865. The molecule has 7 heteroatoms. The van der Waals surface area contributed by atoms with Crippen LogP contribution in [0, 0.1) is 5.82 Å². The standard InChI is InChI=1S/C13H16FN5O/c1-20-10-4-3-9(7-10)19-13(16-17-18-19)8-2-5-12(15)11(14)6-8/h2,5-6,9-10H,3-4,7,15H2,1H3. The Kier molecular flexibility index (Phi) is 3.35. The van der Waals surface area contributed by atoms with E-state index in [-0.39, 0.29) is 17.8 Å². The van der Waals surface area contributed by atoms with E-state index in [1.165, 1.54) is 12.1 Å². The molecule has 1 heterocycles. The van der Waals surface area contributed by atoms with Gasteiger partial charge in [0.05, 0.1) is 17.8 Å². The Balaban J connectivity index is 1.92. The van der Waals surface area contributed by atoms with Crippen LogP contribution in [0.5, 0.6) is 0 Å². The van der Waals surface area contributed by atoms with Crippen molar-refractivity contribution in [2.24, 2.45) is 0 Å². The number of nitrogens with two attached hydrogens (primary N) is 1. The first-order valence-electron chi connectivity index (χ1n) is 6.55. The molecular formula is C13H16FN5O. The van der Waals surface area contributed by atoms with Gasteiger partial charge in [-0.25, -0.2) is 9.07 Å². The summed E-state index contributed by atoms with van der Waals surface area (Å²) in [4.78, 5) is 0. The molecule has 1 aliphatic carbocycles. The van der Waals surface area contributed by atoms with E-state index in [4.69, 9.17) is 10.5 Å². The third-order valence-electron chi connectivity index (χ3n) is 3.79. The van der Waals surface area contributed by atoms with Crippen LogP contribution in [0.3, 0.4) is 0 Å². The summed E-state index contributed by atoms with van der Waals surface area (Å²) >= 11 is 0. The summed E-state index contributed by atoms with van der Waals surface area (Å²) in [6.07, 6.45) is 3.04. The number of anilines is 1. The zero-order valence-electron chi connectivity index (χ0n) is 11.2. The highest BCUT2D eigenvalue weighted by atomic mass is 19.1. The van der Waals surface area contributed by atoms with Crippen LogP contribution >= 0.6 is 0 Å². The molecule has 1 aliphatic rings. The molecule has 1 aromatic carbocycles. The fourth-order valence-corrected chi connectivity index (χ4v) is 2.65. The highest BCUT2D eigenvalue weighted by molar-refractivity contribution is 5.59. The summed E-state index contributed by atoms with van der Waals surface area (Å²) < 4.78 is 20.7. The van der Waals surface area contributed by atoms with Crippen molar-refractivity contribution in [3.63, 3.8) is 0 Å². The van der Waals surface area contributed by atoms with E-state index in [9.17, 15) is 4.39 Å². The lowest BCUT2D eigenvalue weighted by Crippen LogP contribution is -2.11. The number of hydrogen-bond donors (Lipinski definition) is 1. The van der Waals surface area contributed by atoms with Crippen LogP contribution in [0.2, 0.25) is 0 Å². The first kappa shape index (κ1) is 13.0. The van der Waals surface area contributed by atoms with Crippen molar-refractivity contribution in [3.8, 4) is 11.4 Å². The smallest absolute Gasteiger partial charge is 0.182 e. The van der Waals surface area contributed by atoms with Crippen LogP contribution in [-0.4, -0.2) is 33.4 Å². The highest BCUT2D eigenvalue weighted by Gasteiger charge is 2.29. The molecule has 0 aliphatic heterocycles. The van der Waals surface area contributed by atoms with Gasteiger partial charge in [0.25, 0.3) is 0 Å². The molecule has 2 unspecified atom stereocenters. The maximum Gasteiger partial charge on any atom is 0.182 e. The van der Waals surface area contributed by atoms with Crippen molar-refractivity contribution >= 4 is 5.69 Å². The molecule has 1 fully saturated rings. The van der Waals surface area contributed by atoms with E-state index in [2.05, 4.69) is 15.5 Å². The Morgan fingerprint density at radius 1 is 1.40 bits per heavy atom. The minimum absolute atomic E-state index is 0.119. The van der Waals surface area contributed by atoms with Crippen molar-refractivity contribution in [3.05, 3.63) is 24.0 Å². The molecule has 2 atom stereocenters. The number of tetrazole rings is 1. The monoisotopic (exact) mass is 277 g/mol. The number of ether oxygens (including phenoxy) is 1. The molecule has 1 aromatic heterocycles. The lowest BCUT2D eigenvalue weighted by molar-refractivity contribution is 0.105. The number of nitrogen functional groups attached to an aromatic ring is 1. The van der Waals surface area contributed by atoms with Crippen molar-refractivity contribution in [2.45, 2.75) is 31.4 Å². The number of aromatic nitrogens is 4. The van der Waals surface area contributed by atoms with Crippen molar-refractivity contribution in [1.82, 2.24) is 20.2 Å². The van der Waals surface area contributed by atoms with E-state index >= 15 is 0 Å². The zero-order valence-corrected chi connectivity index (χ0v) is 11.2. The molecular weight excluding hydrogens is 261 g/mol. The Morgan fingerprint density at radius 2 is 2.25 bits per heavy atom. The van der Waals surface area contributed by atoms with Crippen molar-refractivity contribution in [2.75, 3.05) is 12.8 Å². The Labute approximate surface area is 115 Å². The van der Waals surface area contributed by atoms with Crippen molar-refractivity contribution < 1.29 is 9.13 Å². The van der Waals surface area contributed by atoms with Gasteiger partial charge in [0.15, 0.2) is 5.82 Å². The van der Waals surface area contributed by atoms with Gasteiger partial charge in [-0.1, -0.05) is 0 Å². The predicted molar refractivity (Wildman–Crippen MR) is 71.3 cm³/mol. The van der Waals surface area contributed by atoms with E-state index in [1.807, 2.05) is 0 Å². The van der Waals surface area contributed by atoms with Crippen LogP contribution < -0.4 is 5.73 Å². The molecule has 3 rings (SSSR count). The maximum atomic E-state index is 13.6. The van der Waals surface area contributed by atoms with E-state index in [0.29, 0.717) is 11.4 Å². The molecule has 0 saturated heterocycles. The summed E-state index contributed by atoms with van der Waals surface area (Å²) in [5, 5.41) is 11.8. The SMILES string of the molecule is COC1CCC(n2nnnc2-c2ccc(N)c(F)c2)C1. The summed E-state index contributed by atoms with van der Waals surface area (Å²) in [6, 6.07) is 4.80. The minimum atomic E-state index is -0.460. The largest absolute Gasteiger partial charge is 0.396 e. The second-order valence-electron chi connectivity index (χ2n) is 5.01. The molecule has 106 valence electrons. The third-order valence-corrected chi connectivity index (χ3v) is 3.79. The zero-order chi connectivity index (χ0) is 14.1. The summed E-state index contributed by atoms with van der Waals surface area (Å²) in [5.41, 5.74) is 6.23. The summed E-state index contributed by atoms with van der Waals surface area (Å²) in [5.74, 6) is 0.101. The van der Waals surface area contributed by atoms with Crippen LogP contribution in [-0.2, 0) is 4.74 Å². The molecule has 6 nitrogen and oxygen atoms in total. The first-order valence-corrected chi connectivity index (χ1v) is 6.55. The van der Waals surface area contributed by atoms with Gasteiger partial charge in [0.1, 0.15) is 5.82 Å². The average Bonchev–Trinajstić information content (AvgIpc) is 3.09. The summed E-state index contributed by atoms with van der Waals surface area (Å²) in [7, 11) is 1.71. The molecule has 0 radical (unpaired) electrons. The van der Waals surface area contributed by atoms with Crippen LogP contribution in [0.25, 0.3) is 11.4 Å². The van der Waals surface area contributed by atoms with E-state index < -0.39 is 5.82 Å². The number of nitrogens with zero attached hydrogens (tertiary/aromatic N) is 4. The molecule has 0 amide bonds. The minimum Gasteiger partial charge on any atom is -0.396 e. The number of hydrogen-bond acceptors (Lipinski definition) is 5. The summed E-state index contributed by atoms with van der Waals surface area (Å²) in [6.45, 7) is 0. The lowest BCUT2D eigenvalue weighted by Gasteiger charge is -2.12. The average molecular weight is 277 g/mol. The normalized spacial score (nSPS) is 22.3. The van der Waals surface area contributed by atoms with Gasteiger partial charge in [0, 0.05) is 12.7 Å².